The number of hydrogen-bond donors (Lipinski definition) is 1. The lowest BCUT2D eigenvalue weighted by atomic mass is 10.1. The summed E-state index contributed by atoms with van der Waals surface area (Å²) >= 11 is 0. The summed E-state index contributed by atoms with van der Waals surface area (Å²) < 4.78 is 10.9. The van der Waals surface area contributed by atoms with Gasteiger partial charge in [0.2, 0.25) is 0 Å². The Morgan fingerprint density at radius 3 is 2.62 bits per heavy atom. The number of imide groups is 2. The van der Waals surface area contributed by atoms with E-state index >= 15 is 0 Å². The van der Waals surface area contributed by atoms with Crippen LogP contribution in [0.5, 0.6) is 11.5 Å². The van der Waals surface area contributed by atoms with Gasteiger partial charge in [0.25, 0.3) is 17.5 Å². The number of nitro groups is 1. The zero-order valence-electron chi connectivity index (χ0n) is 16.9. The molecule has 32 heavy (non-hydrogen) atoms. The number of ether oxygens (including phenoxy) is 2. The summed E-state index contributed by atoms with van der Waals surface area (Å²) in [7, 11) is 0. The van der Waals surface area contributed by atoms with Crippen LogP contribution in [0, 0.1) is 22.5 Å². The lowest BCUT2D eigenvalue weighted by molar-refractivity contribution is -0.384. The summed E-state index contributed by atoms with van der Waals surface area (Å²) in [4.78, 5) is 48.7. The van der Waals surface area contributed by atoms with E-state index < -0.39 is 22.8 Å². The lowest BCUT2D eigenvalue weighted by Crippen LogP contribution is -2.54. The molecular weight excluding hydrogens is 418 g/mol. The number of nitro benzene ring substituents is 1. The molecule has 0 radical (unpaired) electrons. The van der Waals surface area contributed by atoms with Gasteiger partial charge in [-0.15, -0.1) is 6.42 Å². The van der Waals surface area contributed by atoms with E-state index in [1.165, 1.54) is 24.3 Å². The van der Waals surface area contributed by atoms with E-state index in [1.54, 1.807) is 25.1 Å². The van der Waals surface area contributed by atoms with Gasteiger partial charge in [-0.2, -0.15) is 0 Å². The molecule has 4 amide bonds. The summed E-state index contributed by atoms with van der Waals surface area (Å²) in [5, 5.41) is 13.1. The second-order valence-electron chi connectivity index (χ2n) is 6.37. The normalized spacial score (nSPS) is 14.7. The number of non-ortho nitro benzene ring substituents is 1. The predicted molar refractivity (Wildman–Crippen MR) is 114 cm³/mol. The Hall–Kier alpha value is -4.65. The van der Waals surface area contributed by atoms with E-state index in [0.717, 1.165) is 6.07 Å². The summed E-state index contributed by atoms with van der Waals surface area (Å²) in [5.74, 6) is 1.27. The molecule has 0 bridgehead atoms. The highest BCUT2D eigenvalue weighted by atomic mass is 16.6. The van der Waals surface area contributed by atoms with Crippen LogP contribution in [0.25, 0.3) is 6.08 Å². The summed E-state index contributed by atoms with van der Waals surface area (Å²) in [5.41, 5.74) is -0.272. The molecule has 1 heterocycles. The molecule has 162 valence electrons. The zero-order valence-corrected chi connectivity index (χ0v) is 16.9. The molecule has 0 atom stereocenters. The summed E-state index contributed by atoms with van der Waals surface area (Å²) in [6.07, 6.45) is 6.49. The van der Waals surface area contributed by atoms with E-state index in [0.29, 0.717) is 28.6 Å². The minimum Gasteiger partial charge on any atom is -0.490 e. The van der Waals surface area contributed by atoms with Crippen molar-refractivity contribution in [3.05, 3.63) is 63.7 Å². The van der Waals surface area contributed by atoms with Crippen molar-refractivity contribution in [1.29, 1.82) is 0 Å². The first-order valence-electron chi connectivity index (χ1n) is 9.34. The highest BCUT2D eigenvalue weighted by Gasteiger charge is 2.37. The highest BCUT2D eigenvalue weighted by molar-refractivity contribution is 6.39. The van der Waals surface area contributed by atoms with Crippen molar-refractivity contribution in [2.24, 2.45) is 0 Å². The minimum absolute atomic E-state index is 0.0295. The second kappa shape index (κ2) is 9.44. The highest BCUT2D eigenvalue weighted by Crippen LogP contribution is 2.30. The molecule has 10 heteroatoms. The van der Waals surface area contributed by atoms with Crippen LogP contribution in [0.2, 0.25) is 0 Å². The molecule has 2 aromatic rings. The van der Waals surface area contributed by atoms with E-state index in [9.17, 15) is 24.5 Å². The fourth-order valence-corrected chi connectivity index (χ4v) is 2.93. The predicted octanol–water partition coefficient (Wildman–Crippen LogP) is 2.67. The third-order valence-electron chi connectivity index (χ3n) is 4.29. The minimum atomic E-state index is -1.01. The maximum atomic E-state index is 13.0. The van der Waals surface area contributed by atoms with Gasteiger partial charge in [0.1, 0.15) is 12.2 Å². The number of nitrogens with one attached hydrogen (secondary N) is 1. The standard InChI is InChI=1S/C22H17N3O7/c1-3-10-32-18-9-8-14(12-19(18)31-4-2)11-17-20(26)23-22(28)24(21(17)27)15-6-5-7-16(13-15)25(29)30/h1,5-9,11-13H,4,10H2,2H3,(H,23,26,28)/b17-11+. The van der Waals surface area contributed by atoms with E-state index in [-0.39, 0.29) is 23.6 Å². The number of carbonyl (C=O) groups excluding carboxylic acids is 3. The Balaban J connectivity index is 1.99. The smallest absolute Gasteiger partial charge is 0.335 e. The van der Waals surface area contributed by atoms with Gasteiger partial charge in [-0.3, -0.25) is 25.0 Å². The monoisotopic (exact) mass is 435 g/mol. The summed E-state index contributed by atoms with van der Waals surface area (Å²) in [6, 6.07) is 8.66. The maximum absolute atomic E-state index is 13.0. The molecule has 1 N–H and O–H groups in total. The molecule has 0 saturated carbocycles. The third-order valence-corrected chi connectivity index (χ3v) is 4.29. The van der Waals surface area contributed by atoms with Crippen LogP contribution in [0.1, 0.15) is 12.5 Å². The van der Waals surface area contributed by atoms with Gasteiger partial charge in [0.15, 0.2) is 11.5 Å². The molecule has 2 aromatic carbocycles. The first kappa shape index (κ1) is 22.0. The number of rotatable bonds is 7. The van der Waals surface area contributed by atoms with E-state index in [1.807, 2.05) is 0 Å². The first-order valence-corrected chi connectivity index (χ1v) is 9.34. The maximum Gasteiger partial charge on any atom is 0.335 e. The van der Waals surface area contributed by atoms with Crippen molar-refractivity contribution in [2.45, 2.75) is 6.92 Å². The van der Waals surface area contributed by atoms with Gasteiger partial charge in [-0.05, 0) is 36.8 Å². The Morgan fingerprint density at radius 1 is 1.16 bits per heavy atom. The Bertz CT molecular complexity index is 1180. The third kappa shape index (κ3) is 4.57. The molecule has 1 aliphatic rings. The molecule has 3 rings (SSSR count). The molecule has 0 aromatic heterocycles. The SMILES string of the molecule is C#CCOc1ccc(/C=C2\C(=O)NC(=O)N(c3cccc([N+](=O)[O-])c3)C2=O)cc1OCC. The van der Waals surface area contributed by atoms with Crippen LogP contribution < -0.4 is 19.7 Å². The van der Waals surface area contributed by atoms with Crippen LogP contribution in [0.3, 0.4) is 0 Å². The number of terminal acetylenes is 1. The lowest BCUT2D eigenvalue weighted by Gasteiger charge is -2.26. The van der Waals surface area contributed by atoms with Gasteiger partial charge < -0.3 is 9.47 Å². The Kier molecular flexibility index (Phi) is 6.50. The van der Waals surface area contributed by atoms with Crippen LogP contribution in [0.4, 0.5) is 16.2 Å². The van der Waals surface area contributed by atoms with Gasteiger partial charge in [0.05, 0.1) is 17.2 Å². The van der Waals surface area contributed by atoms with Crippen LogP contribution >= 0.6 is 0 Å². The molecule has 0 unspecified atom stereocenters. The molecule has 1 saturated heterocycles. The van der Waals surface area contributed by atoms with Crippen molar-refractivity contribution in [2.75, 3.05) is 18.1 Å². The molecular formula is C22H17N3O7. The average molecular weight is 435 g/mol. The van der Waals surface area contributed by atoms with Crippen molar-refractivity contribution in [1.82, 2.24) is 5.32 Å². The quantitative estimate of drug-likeness (QED) is 0.233. The summed E-state index contributed by atoms with van der Waals surface area (Å²) in [6.45, 7) is 2.14. The fraction of sp³-hybridized carbons (Fsp3) is 0.136. The number of hydrogen-bond acceptors (Lipinski definition) is 7. The fourth-order valence-electron chi connectivity index (χ4n) is 2.93. The number of nitrogens with zero attached hydrogens (tertiary/aromatic N) is 2. The van der Waals surface area contributed by atoms with Gasteiger partial charge in [-0.25, -0.2) is 9.69 Å². The van der Waals surface area contributed by atoms with Crippen molar-refractivity contribution < 1.29 is 28.8 Å². The van der Waals surface area contributed by atoms with Crippen molar-refractivity contribution in [3.63, 3.8) is 0 Å². The van der Waals surface area contributed by atoms with Gasteiger partial charge >= 0.3 is 6.03 Å². The number of urea groups is 1. The zero-order chi connectivity index (χ0) is 23.3. The van der Waals surface area contributed by atoms with Crippen LogP contribution in [0.15, 0.2) is 48.0 Å². The number of barbiturate groups is 1. The van der Waals surface area contributed by atoms with Gasteiger partial charge in [0, 0.05) is 12.1 Å². The van der Waals surface area contributed by atoms with Crippen molar-refractivity contribution in [3.8, 4) is 23.8 Å². The number of anilines is 1. The molecule has 0 aliphatic carbocycles. The van der Waals surface area contributed by atoms with E-state index in [4.69, 9.17) is 15.9 Å². The Labute approximate surface area is 182 Å². The molecule has 0 spiro atoms. The van der Waals surface area contributed by atoms with Crippen molar-refractivity contribution >= 4 is 35.3 Å². The number of amides is 4. The largest absolute Gasteiger partial charge is 0.490 e. The number of carbonyl (C=O) groups is 3. The number of benzene rings is 2. The average Bonchev–Trinajstić information content (AvgIpc) is 2.76. The molecule has 1 aliphatic heterocycles. The topological polar surface area (TPSA) is 128 Å². The molecule has 1 fully saturated rings. The second-order valence-corrected chi connectivity index (χ2v) is 6.37. The van der Waals surface area contributed by atoms with Crippen LogP contribution in [-0.2, 0) is 9.59 Å². The van der Waals surface area contributed by atoms with E-state index in [2.05, 4.69) is 11.2 Å². The molecule has 10 nitrogen and oxygen atoms in total. The Morgan fingerprint density at radius 2 is 1.94 bits per heavy atom. The van der Waals surface area contributed by atoms with Crippen LogP contribution in [-0.4, -0.2) is 36.0 Å². The van der Waals surface area contributed by atoms with Gasteiger partial charge in [-0.1, -0.05) is 18.1 Å². The first-order chi connectivity index (χ1) is 15.3.